The lowest BCUT2D eigenvalue weighted by atomic mass is 10.2. The van der Waals surface area contributed by atoms with E-state index >= 15 is 0 Å². The highest BCUT2D eigenvalue weighted by molar-refractivity contribution is 7.16. The van der Waals surface area contributed by atoms with E-state index < -0.39 is 0 Å². The maximum atomic E-state index is 6.33. The molecule has 22 heavy (non-hydrogen) atoms. The van der Waals surface area contributed by atoms with E-state index in [0.29, 0.717) is 10.0 Å². The van der Waals surface area contributed by atoms with E-state index in [1.165, 1.54) is 4.88 Å². The fourth-order valence-electron chi connectivity index (χ4n) is 2.25. The van der Waals surface area contributed by atoms with Crippen LogP contribution in [0.5, 0.6) is 0 Å². The Kier molecular flexibility index (Phi) is 4.39. The summed E-state index contributed by atoms with van der Waals surface area (Å²) in [7, 11) is 0. The van der Waals surface area contributed by atoms with Gasteiger partial charge in [-0.15, -0.1) is 11.3 Å². The lowest BCUT2D eigenvalue weighted by Gasteiger charge is -2.08. The summed E-state index contributed by atoms with van der Waals surface area (Å²) in [6.07, 6.45) is 4.13. The fraction of sp³-hybridized carbons (Fsp3) is 0.118. The zero-order valence-corrected chi connectivity index (χ0v) is 14.5. The Morgan fingerprint density at radius 1 is 1.14 bits per heavy atom. The van der Waals surface area contributed by atoms with Gasteiger partial charge in [0.1, 0.15) is 0 Å². The van der Waals surface area contributed by atoms with Crippen LogP contribution in [0.3, 0.4) is 0 Å². The second kappa shape index (κ2) is 6.29. The maximum absolute atomic E-state index is 6.33. The van der Waals surface area contributed by atoms with Crippen molar-refractivity contribution in [3.05, 3.63) is 63.1 Å². The number of rotatable bonds is 3. The van der Waals surface area contributed by atoms with E-state index in [4.69, 9.17) is 23.2 Å². The third-order valence-electron chi connectivity index (χ3n) is 3.18. The van der Waals surface area contributed by atoms with Gasteiger partial charge in [0.25, 0.3) is 0 Å². The monoisotopic (exact) mass is 348 g/mol. The average molecular weight is 349 g/mol. The SMILES string of the molecule is C/C=C/c1ccc(-c2cc(C)nn2-c2cc(Cl)ccc2Cl)s1. The number of hydrogen-bond donors (Lipinski definition) is 0. The number of hydrogen-bond acceptors (Lipinski definition) is 2. The molecular formula is C17H14Cl2N2S. The highest BCUT2D eigenvalue weighted by Crippen LogP contribution is 2.33. The maximum Gasteiger partial charge on any atom is 0.0854 e. The van der Waals surface area contributed by atoms with Crippen molar-refractivity contribution in [1.29, 1.82) is 0 Å². The summed E-state index contributed by atoms with van der Waals surface area (Å²) in [6.45, 7) is 3.98. The first-order chi connectivity index (χ1) is 10.6. The number of nitrogens with zero attached hydrogens (tertiary/aromatic N) is 2. The van der Waals surface area contributed by atoms with Crippen LogP contribution in [0.2, 0.25) is 10.0 Å². The molecule has 0 bridgehead atoms. The van der Waals surface area contributed by atoms with Crippen molar-refractivity contribution in [2.75, 3.05) is 0 Å². The van der Waals surface area contributed by atoms with Gasteiger partial charge >= 0.3 is 0 Å². The van der Waals surface area contributed by atoms with E-state index in [2.05, 4.69) is 29.4 Å². The summed E-state index contributed by atoms with van der Waals surface area (Å²) < 4.78 is 1.86. The minimum Gasteiger partial charge on any atom is -0.230 e. The molecule has 0 N–H and O–H groups in total. The van der Waals surface area contributed by atoms with Crippen LogP contribution in [0.15, 0.2) is 42.5 Å². The number of benzene rings is 1. The Balaban J connectivity index is 2.15. The molecule has 2 heterocycles. The molecule has 0 unspecified atom stereocenters. The summed E-state index contributed by atoms with van der Waals surface area (Å²) in [5, 5.41) is 5.84. The molecule has 0 spiro atoms. The molecule has 0 atom stereocenters. The van der Waals surface area contributed by atoms with Gasteiger partial charge in [-0.05, 0) is 56.3 Å². The Bertz CT molecular complexity index is 846. The van der Waals surface area contributed by atoms with E-state index in [1.807, 2.05) is 30.7 Å². The number of thiophene rings is 1. The molecule has 5 heteroatoms. The molecule has 0 fully saturated rings. The summed E-state index contributed by atoms with van der Waals surface area (Å²) >= 11 is 14.2. The highest BCUT2D eigenvalue weighted by Gasteiger charge is 2.14. The Hall–Kier alpha value is -1.55. The van der Waals surface area contributed by atoms with Gasteiger partial charge in [-0.25, -0.2) is 4.68 Å². The van der Waals surface area contributed by atoms with Crippen molar-refractivity contribution in [3.8, 4) is 16.3 Å². The van der Waals surface area contributed by atoms with Crippen LogP contribution in [-0.2, 0) is 0 Å². The first kappa shape index (κ1) is 15.3. The van der Waals surface area contributed by atoms with Crippen LogP contribution < -0.4 is 0 Å². The standard InChI is InChI=1S/C17H14Cl2N2S/c1-3-4-13-6-8-17(22-13)16-9-11(2)20-21(16)15-10-12(18)5-7-14(15)19/h3-10H,1-2H3/b4-3+. The molecule has 1 aromatic carbocycles. The van der Waals surface area contributed by atoms with Crippen LogP contribution in [0.1, 0.15) is 17.5 Å². The van der Waals surface area contributed by atoms with Crippen molar-refractivity contribution in [3.63, 3.8) is 0 Å². The number of allylic oxidation sites excluding steroid dienone is 1. The minimum absolute atomic E-state index is 0.624. The zero-order valence-electron chi connectivity index (χ0n) is 12.2. The Labute approximate surface area is 143 Å². The van der Waals surface area contributed by atoms with E-state index in [9.17, 15) is 0 Å². The van der Waals surface area contributed by atoms with Crippen molar-refractivity contribution < 1.29 is 0 Å². The van der Waals surface area contributed by atoms with Gasteiger partial charge in [0.2, 0.25) is 0 Å². The Morgan fingerprint density at radius 3 is 2.73 bits per heavy atom. The van der Waals surface area contributed by atoms with Gasteiger partial charge in [-0.1, -0.05) is 29.3 Å². The van der Waals surface area contributed by atoms with Gasteiger partial charge in [0.05, 0.1) is 27.0 Å². The smallest absolute Gasteiger partial charge is 0.0854 e. The first-order valence-corrected chi connectivity index (χ1v) is 8.40. The van der Waals surface area contributed by atoms with E-state index in [1.54, 1.807) is 23.5 Å². The molecule has 0 aliphatic carbocycles. The molecule has 0 saturated carbocycles. The van der Waals surface area contributed by atoms with Crippen LogP contribution in [0.25, 0.3) is 22.3 Å². The summed E-state index contributed by atoms with van der Waals surface area (Å²) in [5.74, 6) is 0. The molecule has 112 valence electrons. The van der Waals surface area contributed by atoms with E-state index in [0.717, 1.165) is 22.0 Å². The summed E-state index contributed by atoms with van der Waals surface area (Å²) in [5.41, 5.74) is 2.74. The number of halogens is 2. The molecule has 2 aromatic heterocycles. The minimum atomic E-state index is 0.624. The lowest BCUT2D eigenvalue weighted by molar-refractivity contribution is 0.871. The number of aryl methyl sites for hydroxylation is 1. The third kappa shape index (κ3) is 2.98. The second-order valence-electron chi connectivity index (χ2n) is 4.88. The molecule has 0 radical (unpaired) electrons. The van der Waals surface area contributed by atoms with Crippen LogP contribution in [0.4, 0.5) is 0 Å². The fourth-order valence-corrected chi connectivity index (χ4v) is 3.60. The van der Waals surface area contributed by atoms with Crippen molar-refractivity contribution >= 4 is 40.6 Å². The largest absolute Gasteiger partial charge is 0.230 e. The van der Waals surface area contributed by atoms with Gasteiger partial charge in [-0.2, -0.15) is 5.10 Å². The topological polar surface area (TPSA) is 17.8 Å². The second-order valence-corrected chi connectivity index (χ2v) is 6.84. The van der Waals surface area contributed by atoms with Gasteiger partial charge in [0, 0.05) is 9.90 Å². The van der Waals surface area contributed by atoms with Crippen molar-refractivity contribution in [2.45, 2.75) is 13.8 Å². The van der Waals surface area contributed by atoms with Gasteiger partial charge in [0.15, 0.2) is 0 Å². The Morgan fingerprint density at radius 2 is 1.95 bits per heavy atom. The normalized spacial score (nSPS) is 11.5. The summed E-state index contributed by atoms with van der Waals surface area (Å²) in [6, 6.07) is 11.7. The molecule has 0 amide bonds. The number of aromatic nitrogens is 2. The molecule has 2 nitrogen and oxygen atoms in total. The van der Waals surface area contributed by atoms with Crippen LogP contribution in [0, 0.1) is 6.92 Å². The molecule has 0 aliphatic rings. The zero-order chi connectivity index (χ0) is 15.7. The molecule has 3 rings (SSSR count). The molecule has 0 saturated heterocycles. The quantitative estimate of drug-likeness (QED) is 0.546. The van der Waals surface area contributed by atoms with Crippen LogP contribution in [-0.4, -0.2) is 9.78 Å². The molecule has 0 aliphatic heterocycles. The summed E-state index contributed by atoms with van der Waals surface area (Å²) in [4.78, 5) is 2.35. The van der Waals surface area contributed by atoms with E-state index in [-0.39, 0.29) is 0 Å². The third-order valence-corrected chi connectivity index (χ3v) is 4.81. The average Bonchev–Trinajstić information content (AvgIpc) is 3.08. The first-order valence-electron chi connectivity index (χ1n) is 6.83. The van der Waals surface area contributed by atoms with Gasteiger partial charge in [-0.3, -0.25) is 0 Å². The predicted molar refractivity (Wildman–Crippen MR) is 96.3 cm³/mol. The van der Waals surface area contributed by atoms with Crippen molar-refractivity contribution in [2.24, 2.45) is 0 Å². The van der Waals surface area contributed by atoms with Crippen LogP contribution >= 0.6 is 34.5 Å². The van der Waals surface area contributed by atoms with Gasteiger partial charge < -0.3 is 0 Å². The van der Waals surface area contributed by atoms with Crippen molar-refractivity contribution in [1.82, 2.24) is 9.78 Å². The highest BCUT2D eigenvalue weighted by atomic mass is 35.5. The molecular weight excluding hydrogens is 335 g/mol. The lowest BCUT2D eigenvalue weighted by Crippen LogP contribution is -1.99. The predicted octanol–water partition coefficient (Wildman–Crippen LogP) is 6.25. The molecule has 3 aromatic rings.